The predicted octanol–water partition coefficient (Wildman–Crippen LogP) is 1.67. The van der Waals surface area contributed by atoms with Gasteiger partial charge in [0, 0.05) is 12.2 Å². The lowest BCUT2D eigenvalue weighted by Gasteiger charge is -2.29. The van der Waals surface area contributed by atoms with Crippen LogP contribution in [0.3, 0.4) is 0 Å². The second-order valence-electron chi connectivity index (χ2n) is 4.80. The third kappa shape index (κ3) is 2.87. The summed E-state index contributed by atoms with van der Waals surface area (Å²) in [5, 5.41) is 5.02. The maximum atomic E-state index is 11.2. The Morgan fingerprint density at radius 2 is 2.29 bits per heavy atom. The van der Waals surface area contributed by atoms with E-state index in [1.165, 1.54) is 19.3 Å². The summed E-state index contributed by atoms with van der Waals surface area (Å²) >= 11 is 0. The van der Waals surface area contributed by atoms with Crippen molar-refractivity contribution in [1.29, 1.82) is 0 Å². The van der Waals surface area contributed by atoms with E-state index < -0.39 is 10.0 Å². The van der Waals surface area contributed by atoms with Gasteiger partial charge >= 0.3 is 0 Å². The van der Waals surface area contributed by atoms with Crippen LogP contribution in [0.15, 0.2) is 17.6 Å². The van der Waals surface area contributed by atoms with Crippen molar-refractivity contribution in [2.24, 2.45) is 11.1 Å². The zero-order valence-electron chi connectivity index (χ0n) is 10.0. The Labute approximate surface area is 102 Å². The molecule has 0 aliphatic heterocycles. The summed E-state index contributed by atoms with van der Waals surface area (Å²) in [7, 11) is -3.67. The number of imidazole rings is 1. The minimum atomic E-state index is -3.67. The summed E-state index contributed by atoms with van der Waals surface area (Å²) < 4.78 is 24.2. The van der Waals surface area contributed by atoms with E-state index in [4.69, 9.17) is 5.14 Å². The maximum Gasteiger partial charge on any atom is 0.257 e. The van der Waals surface area contributed by atoms with Gasteiger partial charge in [0.15, 0.2) is 5.03 Å². The molecule has 1 aromatic rings. The largest absolute Gasteiger partial charge is 0.333 e. The molecule has 2 atom stereocenters. The fourth-order valence-electron chi connectivity index (χ4n) is 2.57. The number of rotatable bonds is 3. The predicted molar refractivity (Wildman–Crippen MR) is 64.9 cm³/mol. The molecule has 1 aliphatic rings. The van der Waals surface area contributed by atoms with Crippen molar-refractivity contribution in [2.75, 3.05) is 0 Å². The third-order valence-electron chi connectivity index (χ3n) is 3.62. The lowest BCUT2D eigenvalue weighted by atomic mass is 9.84. The van der Waals surface area contributed by atoms with Crippen molar-refractivity contribution in [2.45, 2.75) is 50.1 Å². The lowest BCUT2D eigenvalue weighted by molar-refractivity contribution is 0.261. The highest BCUT2D eigenvalue weighted by molar-refractivity contribution is 7.89. The number of nitrogens with zero attached hydrogens (tertiary/aromatic N) is 2. The highest BCUT2D eigenvalue weighted by Crippen LogP contribution is 2.34. The molecule has 17 heavy (non-hydrogen) atoms. The summed E-state index contributed by atoms with van der Waals surface area (Å²) in [4.78, 5) is 3.86. The van der Waals surface area contributed by atoms with E-state index in [-0.39, 0.29) is 5.03 Å². The smallest absolute Gasteiger partial charge is 0.257 e. The third-order valence-corrected chi connectivity index (χ3v) is 4.42. The summed E-state index contributed by atoms with van der Waals surface area (Å²) in [6.07, 6.45) is 9.01. The van der Waals surface area contributed by atoms with Gasteiger partial charge in [0.1, 0.15) is 0 Å². The van der Waals surface area contributed by atoms with Crippen LogP contribution in [0.5, 0.6) is 0 Å². The van der Waals surface area contributed by atoms with Crippen molar-refractivity contribution >= 4 is 10.0 Å². The van der Waals surface area contributed by atoms with Gasteiger partial charge in [-0.2, -0.15) is 0 Å². The monoisotopic (exact) mass is 257 g/mol. The molecule has 2 rings (SSSR count). The van der Waals surface area contributed by atoms with Crippen molar-refractivity contribution in [3.63, 3.8) is 0 Å². The molecule has 0 radical (unpaired) electrons. The second kappa shape index (κ2) is 4.78. The van der Waals surface area contributed by atoms with E-state index >= 15 is 0 Å². The summed E-state index contributed by atoms with van der Waals surface area (Å²) in [6, 6.07) is 0.372. The molecule has 0 amide bonds. The van der Waals surface area contributed by atoms with Gasteiger partial charge in [-0.3, -0.25) is 0 Å². The van der Waals surface area contributed by atoms with Crippen molar-refractivity contribution < 1.29 is 8.42 Å². The standard InChI is InChI=1S/C11H19N3O2S/c1-2-9-4-3-5-10(6-9)14-7-11(13-8-14)17(12,15)16/h7-10H,2-6H2,1H3,(H2,12,15,16). The average Bonchev–Trinajstić information content (AvgIpc) is 2.78. The van der Waals surface area contributed by atoms with Crippen molar-refractivity contribution in [1.82, 2.24) is 9.55 Å². The Morgan fingerprint density at radius 1 is 1.53 bits per heavy atom. The van der Waals surface area contributed by atoms with Gasteiger partial charge in [0.2, 0.25) is 0 Å². The van der Waals surface area contributed by atoms with Gasteiger partial charge in [0.05, 0.1) is 6.33 Å². The first kappa shape index (κ1) is 12.6. The Kier molecular flexibility index (Phi) is 3.53. The molecule has 96 valence electrons. The van der Waals surface area contributed by atoms with E-state index in [1.54, 1.807) is 12.5 Å². The molecule has 2 N–H and O–H groups in total. The number of aromatic nitrogens is 2. The topological polar surface area (TPSA) is 78.0 Å². The summed E-state index contributed by atoms with van der Waals surface area (Å²) in [5.74, 6) is 0.745. The minimum absolute atomic E-state index is 0.0314. The fraction of sp³-hybridized carbons (Fsp3) is 0.727. The molecule has 0 aromatic carbocycles. The van der Waals surface area contributed by atoms with Crippen LogP contribution >= 0.6 is 0 Å². The van der Waals surface area contributed by atoms with Crippen LogP contribution in [0, 0.1) is 5.92 Å². The van der Waals surface area contributed by atoms with E-state index in [1.807, 2.05) is 4.57 Å². The molecule has 0 saturated heterocycles. The molecule has 1 saturated carbocycles. The highest BCUT2D eigenvalue weighted by atomic mass is 32.2. The van der Waals surface area contributed by atoms with Gasteiger partial charge in [-0.1, -0.05) is 26.2 Å². The first-order valence-electron chi connectivity index (χ1n) is 6.07. The first-order valence-corrected chi connectivity index (χ1v) is 7.61. The molecule has 6 heteroatoms. The van der Waals surface area contributed by atoms with Crippen LogP contribution in [0.1, 0.15) is 45.1 Å². The zero-order chi connectivity index (χ0) is 12.5. The normalized spacial score (nSPS) is 26.0. The van der Waals surface area contributed by atoms with E-state index in [2.05, 4.69) is 11.9 Å². The van der Waals surface area contributed by atoms with Crippen LogP contribution in [-0.4, -0.2) is 18.0 Å². The average molecular weight is 257 g/mol. The second-order valence-corrected chi connectivity index (χ2v) is 6.31. The molecule has 0 spiro atoms. The Hall–Kier alpha value is -0.880. The number of nitrogens with two attached hydrogens (primary N) is 1. The van der Waals surface area contributed by atoms with Gasteiger partial charge in [-0.05, 0) is 18.8 Å². The zero-order valence-corrected chi connectivity index (χ0v) is 10.9. The summed E-state index contributed by atoms with van der Waals surface area (Å²) in [5.41, 5.74) is 0. The lowest BCUT2D eigenvalue weighted by Crippen LogP contribution is -2.18. The quantitative estimate of drug-likeness (QED) is 0.894. The van der Waals surface area contributed by atoms with Crippen LogP contribution in [0.4, 0.5) is 0 Å². The molecule has 2 unspecified atom stereocenters. The molecule has 1 aromatic heterocycles. The molecule has 0 bridgehead atoms. The molecular formula is C11H19N3O2S. The fourth-order valence-corrected chi connectivity index (χ4v) is 3.03. The number of hydrogen-bond acceptors (Lipinski definition) is 3. The molecule has 1 fully saturated rings. The highest BCUT2D eigenvalue weighted by Gasteiger charge is 2.23. The van der Waals surface area contributed by atoms with E-state index in [0.29, 0.717) is 6.04 Å². The van der Waals surface area contributed by atoms with E-state index in [0.717, 1.165) is 18.8 Å². The Bertz CT molecular complexity index is 481. The van der Waals surface area contributed by atoms with Crippen LogP contribution in [0.25, 0.3) is 0 Å². The molecule has 1 heterocycles. The minimum Gasteiger partial charge on any atom is -0.333 e. The van der Waals surface area contributed by atoms with Gasteiger partial charge in [-0.15, -0.1) is 0 Å². The van der Waals surface area contributed by atoms with Gasteiger partial charge < -0.3 is 4.57 Å². The Morgan fingerprint density at radius 3 is 2.88 bits per heavy atom. The molecule has 1 aliphatic carbocycles. The van der Waals surface area contributed by atoms with E-state index in [9.17, 15) is 8.42 Å². The SMILES string of the molecule is CCC1CCCC(n2cnc(S(N)(=O)=O)c2)C1. The van der Waals surface area contributed by atoms with Crippen LogP contribution in [-0.2, 0) is 10.0 Å². The van der Waals surface area contributed by atoms with Crippen LogP contribution < -0.4 is 5.14 Å². The molecule has 5 nitrogen and oxygen atoms in total. The number of hydrogen-bond donors (Lipinski definition) is 1. The van der Waals surface area contributed by atoms with Gasteiger partial charge in [-0.25, -0.2) is 18.5 Å². The maximum absolute atomic E-state index is 11.2. The van der Waals surface area contributed by atoms with Crippen molar-refractivity contribution in [3.05, 3.63) is 12.5 Å². The number of primary sulfonamides is 1. The first-order chi connectivity index (χ1) is 8.00. The Balaban J connectivity index is 2.15. The van der Waals surface area contributed by atoms with Gasteiger partial charge in [0.25, 0.3) is 10.0 Å². The summed E-state index contributed by atoms with van der Waals surface area (Å²) in [6.45, 7) is 2.21. The van der Waals surface area contributed by atoms with Crippen LogP contribution in [0.2, 0.25) is 0 Å². The number of sulfonamides is 1. The van der Waals surface area contributed by atoms with Crippen molar-refractivity contribution in [3.8, 4) is 0 Å². The molecular weight excluding hydrogens is 238 g/mol.